The molecule has 0 radical (unpaired) electrons. The first-order valence-corrected chi connectivity index (χ1v) is 13.1. The van der Waals surface area contributed by atoms with Gasteiger partial charge in [0.2, 0.25) is 0 Å². The van der Waals surface area contributed by atoms with E-state index in [1.54, 1.807) is 11.0 Å². The van der Waals surface area contributed by atoms with Gasteiger partial charge in [0.05, 0.1) is 18.2 Å². The second kappa shape index (κ2) is 11.5. The van der Waals surface area contributed by atoms with E-state index in [4.69, 9.17) is 4.74 Å². The second-order valence-corrected chi connectivity index (χ2v) is 11.7. The van der Waals surface area contributed by atoms with Crippen LogP contribution in [0.4, 0.5) is 0 Å². The SMILES string of the molecule is Cc1cc(C(O)=C2C(=O)C(=O)N(CCCN(C)C)[C@H]2c2ccc(C(C)(C)C)cc2)ccc1OCC(C)C. The Bertz CT molecular complexity index is 1160. The van der Waals surface area contributed by atoms with Gasteiger partial charge in [-0.25, -0.2) is 0 Å². The molecule has 2 aromatic rings. The summed E-state index contributed by atoms with van der Waals surface area (Å²) in [6, 6.07) is 12.7. The lowest BCUT2D eigenvalue weighted by Crippen LogP contribution is -2.32. The molecule has 1 aliphatic heterocycles. The number of aliphatic hydroxyl groups excluding tert-OH is 1. The van der Waals surface area contributed by atoms with E-state index in [9.17, 15) is 14.7 Å². The molecular weight excluding hydrogens is 464 g/mol. The predicted octanol–water partition coefficient (Wildman–Crippen LogP) is 5.70. The van der Waals surface area contributed by atoms with Crippen LogP contribution in [0.2, 0.25) is 0 Å². The van der Waals surface area contributed by atoms with E-state index in [2.05, 4.69) is 39.5 Å². The maximum Gasteiger partial charge on any atom is 0.295 e. The molecule has 1 amide bonds. The number of benzene rings is 2. The Balaban J connectivity index is 2.06. The van der Waals surface area contributed by atoms with Crippen LogP contribution < -0.4 is 4.74 Å². The summed E-state index contributed by atoms with van der Waals surface area (Å²) in [6.45, 7) is 14.3. The minimum atomic E-state index is -0.648. The van der Waals surface area contributed by atoms with Crippen LogP contribution in [0.5, 0.6) is 5.75 Å². The van der Waals surface area contributed by atoms with Crippen molar-refractivity contribution in [3.63, 3.8) is 0 Å². The van der Waals surface area contributed by atoms with Gasteiger partial charge in [0, 0.05) is 12.1 Å². The van der Waals surface area contributed by atoms with E-state index in [0.29, 0.717) is 24.6 Å². The lowest BCUT2D eigenvalue weighted by atomic mass is 9.85. The monoisotopic (exact) mass is 506 g/mol. The molecule has 1 N–H and O–H groups in total. The number of ketones is 1. The van der Waals surface area contributed by atoms with E-state index < -0.39 is 17.7 Å². The zero-order valence-corrected chi connectivity index (χ0v) is 23.6. The molecule has 1 atom stereocenters. The average Bonchev–Trinajstić information content (AvgIpc) is 3.07. The molecule has 6 nitrogen and oxygen atoms in total. The number of amides is 1. The van der Waals surface area contributed by atoms with Crippen LogP contribution in [0.25, 0.3) is 5.76 Å². The van der Waals surface area contributed by atoms with Crippen LogP contribution in [0.3, 0.4) is 0 Å². The van der Waals surface area contributed by atoms with Crippen molar-refractivity contribution >= 4 is 17.4 Å². The molecule has 37 heavy (non-hydrogen) atoms. The zero-order chi connectivity index (χ0) is 27.5. The van der Waals surface area contributed by atoms with Gasteiger partial charge in [0.25, 0.3) is 11.7 Å². The molecule has 0 saturated carbocycles. The van der Waals surface area contributed by atoms with Crippen LogP contribution in [-0.4, -0.2) is 60.4 Å². The number of carbonyl (C=O) groups is 2. The van der Waals surface area contributed by atoms with Crippen molar-refractivity contribution in [3.8, 4) is 5.75 Å². The molecule has 1 heterocycles. The largest absolute Gasteiger partial charge is 0.507 e. The van der Waals surface area contributed by atoms with Gasteiger partial charge >= 0.3 is 0 Å². The second-order valence-electron chi connectivity index (χ2n) is 11.7. The van der Waals surface area contributed by atoms with Crippen LogP contribution in [-0.2, 0) is 15.0 Å². The molecule has 0 spiro atoms. The van der Waals surface area contributed by atoms with Gasteiger partial charge in [-0.2, -0.15) is 0 Å². The maximum atomic E-state index is 13.3. The number of hydrogen-bond donors (Lipinski definition) is 1. The first kappa shape index (κ1) is 28.5. The number of carbonyl (C=O) groups excluding carboxylic acids is 2. The summed E-state index contributed by atoms with van der Waals surface area (Å²) in [5, 5.41) is 11.4. The maximum absolute atomic E-state index is 13.3. The lowest BCUT2D eigenvalue weighted by Gasteiger charge is -2.27. The third-order valence-corrected chi connectivity index (χ3v) is 6.66. The molecular formula is C31H42N2O4. The molecule has 6 heteroatoms. The Morgan fingerprint density at radius 3 is 2.27 bits per heavy atom. The fourth-order valence-electron chi connectivity index (χ4n) is 4.55. The fraction of sp³-hybridized carbons (Fsp3) is 0.484. The van der Waals surface area contributed by atoms with E-state index in [-0.39, 0.29) is 16.7 Å². The van der Waals surface area contributed by atoms with Crippen molar-refractivity contribution in [1.29, 1.82) is 0 Å². The van der Waals surface area contributed by atoms with Crippen molar-refractivity contribution in [3.05, 3.63) is 70.3 Å². The van der Waals surface area contributed by atoms with Crippen molar-refractivity contribution < 1.29 is 19.4 Å². The molecule has 1 fully saturated rings. The highest BCUT2D eigenvalue weighted by molar-refractivity contribution is 6.46. The number of nitrogens with zero attached hydrogens (tertiary/aromatic N) is 2. The number of aryl methyl sites for hydroxylation is 1. The predicted molar refractivity (Wildman–Crippen MR) is 149 cm³/mol. The van der Waals surface area contributed by atoms with Crippen LogP contribution in [0, 0.1) is 12.8 Å². The number of Topliss-reactive ketones (excluding diaryl/α,β-unsaturated/α-hetero) is 1. The summed E-state index contributed by atoms with van der Waals surface area (Å²) < 4.78 is 5.88. The fourth-order valence-corrected chi connectivity index (χ4v) is 4.55. The van der Waals surface area contributed by atoms with Gasteiger partial charge in [-0.05, 0) is 80.2 Å². The van der Waals surface area contributed by atoms with Gasteiger partial charge in [-0.3, -0.25) is 9.59 Å². The minimum Gasteiger partial charge on any atom is -0.507 e. The summed E-state index contributed by atoms with van der Waals surface area (Å²) in [6.07, 6.45) is 0.720. The number of likely N-dealkylation sites (tertiary alicyclic amines) is 1. The van der Waals surface area contributed by atoms with E-state index in [1.807, 2.05) is 57.4 Å². The number of aliphatic hydroxyl groups is 1. The summed E-state index contributed by atoms with van der Waals surface area (Å²) in [4.78, 5) is 30.2. The van der Waals surface area contributed by atoms with Crippen molar-refractivity contribution in [2.45, 2.75) is 59.4 Å². The van der Waals surface area contributed by atoms with Gasteiger partial charge < -0.3 is 19.6 Å². The van der Waals surface area contributed by atoms with Gasteiger partial charge in [0.1, 0.15) is 11.5 Å². The Kier molecular flexibility index (Phi) is 8.85. The van der Waals surface area contributed by atoms with Crippen LogP contribution in [0.15, 0.2) is 48.0 Å². The third kappa shape index (κ3) is 6.61. The highest BCUT2D eigenvalue weighted by atomic mass is 16.5. The summed E-state index contributed by atoms with van der Waals surface area (Å²) in [5.41, 5.74) is 3.44. The number of ether oxygens (including phenoxy) is 1. The molecule has 0 unspecified atom stereocenters. The van der Waals surface area contributed by atoms with Gasteiger partial charge in [0.15, 0.2) is 0 Å². The van der Waals surface area contributed by atoms with E-state index in [0.717, 1.165) is 35.4 Å². The van der Waals surface area contributed by atoms with Gasteiger partial charge in [-0.1, -0.05) is 58.9 Å². The Morgan fingerprint density at radius 1 is 1.08 bits per heavy atom. The first-order valence-electron chi connectivity index (χ1n) is 13.1. The molecule has 1 saturated heterocycles. The third-order valence-electron chi connectivity index (χ3n) is 6.66. The Labute approximate surface area is 221 Å². The smallest absolute Gasteiger partial charge is 0.295 e. The zero-order valence-electron chi connectivity index (χ0n) is 23.6. The summed E-state index contributed by atoms with van der Waals surface area (Å²) >= 11 is 0. The normalized spacial score (nSPS) is 17.8. The van der Waals surface area contributed by atoms with Crippen molar-refractivity contribution in [2.24, 2.45) is 5.92 Å². The minimum absolute atomic E-state index is 0.0248. The molecule has 1 aliphatic rings. The summed E-state index contributed by atoms with van der Waals surface area (Å²) in [5.74, 6) is -0.245. The average molecular weight is 507 g/mol. The Morgan fingerprint density at radius 2 is 1.73 bits per heavy atom. The van der Waals surface area contributed by atoms with Crippen LogP contribution >= 0.6 is 0 Å². The highest BCUT2D eigenvalue weighted by Crippen LogP contribution is 2.40. The molecule has 0 aliphatic carbocycles. The molecule has 200 valence electrons. The molecule has 0 bridgehead atoms. The number of hydrogen-bond acceptors (Lipinski definition) is 5. The summed E-state index contributed by atoms with van der Waals surface area (Å²) in [7, 11) is 3.96. The highest BCUT2D eigenvalue weighted by Gasteiger charge is 2.45. The molecule has 2 aromatic carbocycles. The lowest BCUT2D eigenvalue weighted by molar-refractivity contribution is -0.139. The quantitative estimate of drug-likeness (QED) is 0.268. The van der Waals surface area contributed by atoms with E-state index >= 15 is 0 Å². The standard InChI is InChI=1S/C31H42N2O4/c1-20(2)19-37-25-15-12-23(18-21(25)3)28(34)26-27(22-10-13-24(14-11-22)31(4,5)6)33(30(36)29(26)35)17-9-16-32(7)8/h10-15,18,20,27,34H,9,16-17,19H2,1-8H3/t27-/m0/s1. The van der Waals surface area contributed by atoms with Gasteiger partial charge in [-0.15, -0.1) is 0 Å². The van der Waals surface area contributed by atoms with E-state index in [1.165, 1.54) is 0 Å². The first-order chi connectivity index (χ1) is 17.3. The van der Waals surface area contributed by atoms with Crippen LogP contribution in [0.1, 0.15) is 69.3 Å². The number of rotatable bonds is 9. The molecule has 0 aromatic heterocycles. The topological polar surface area (TPSA) is 70.1 Å². The Hall–Kier alpha value is -3.12. The molecule has 3 rings (SSSR count). The van der Waals surface area contributed by atoms with Crippen molar-refractivity contribution in [2.75, 3.05) is 33.8 Å². The van der Waals surface area contributed by atoms with Crippen molar-refractivity contribution in [1.82, 2.24) is 9.80 Å².